The average Bonchev–Trinajstić information content (AvgIpc) is 2.28. The predicted molar refractivity (Wildman–Crippen MR) is 69.6 cm³/mol. The predicted octanol–water partition coefficient (Wildman–Crippen LogP) is 2.02. The molecular formula is C11H15ClN4O2. The molecule has 7 heteroatoms. The Morgan fingerprint density at radius 1 is 1.61 bits per heavy atom. The lowest BCUT2D eigenvalue weighted by Gasteiger charge is -2.21. The van der Waals surface area contributed by atoms with E-state index in [1.54, 1.807) is 31.3 Å². The molecule has 0 radical (unpaired) electrons. The molecular weight excluding hydrogens is 256 g/mol. The summed E-state index contributed by atoms with van der Waals surface area (Å²) in [5.41, 5.74) is 0.899. The van der Waals surface area contributed by atoms with E-state index in [0.717, 1.165) is 11.8 Å². The Bertz CT molecular complexity index is 445. The zero-order valence-corrected chi connectivity index (χ0v) is 11.2. The minimum Gasteiger partial charge on any atom is -0.360 e. The third kappa shape index (κ3) is 4.21. The second kappa shape index (κ2) is 6.20. The summed E-state index contributed by atoms with van der Waals surface area (Å²) >= 11 is 5.70. The number of nitrogens with one attached hydrogen (secondary N) is 1. The topological polar surface area (TPSA) is 71.3 Å². The summed E-state index contributed by atoms with van der Waals surface area (Å²) in [6, 6.07) is 3.40. The molecule has 0 amide bonds. The number of pyridine rings is 1. The molecule has 0 saturated carbocycles. The minimum absolute atomic E-state index is 0.108. The largest absolute Gasteiger partial charge is 0.360 e. The summed E-state index contributed by atoms with van der Waals surface area (Å²) in [5, 5.41) is 14.0. The summed E-state index contributed by atoms with van der Waals surface area (Å²) in [4.78, 5) is 15.6. The van der Waals surface area contributed by atoms with Crippen LogP contribution in [0.3, 0.4) is 0 Å². The van der Waals surface area contributed by atoms with Gasteiger partial charge in [0.05, 0.1) is 11.0 Å². The second-order valence-electron chi connectivity index (χ2n) is 3.97. The van der Waals surface area contributed by atoms with Gasteiger partial charge in [0.1, 0.15) is 5.15 Å². The average molecular weight is 271 g/mol. The Hall–Kier alpha value is -1.82. The third-order valence-electron chi connectivity index (χ3n) is 2.32. The van der Waals surface area contributed by atoms with Crippen LogP contribution in [0.1, 0.15) is 18.5 Å². The number of hydrogen-bond acceptors (Lipinski definition) is 5. The Kier molecular flexibility index (Phi) is 4.91. The second-order valence-corrected chi connectivity index (χ2v) is 4.36. The molecule has 0 aliphatic rings. The lowest BCUT2D eigenvalue weighted by atomic mass is 10.1. The summed E-state index contributed by atoms with van der Waals surface area (Å²) in [7, 11) is 3.46. The summed E-state index contributed by atoms with van der Waals surface area (Å²) in [6.45, 7) is 1.89. The number of hydrogen-bond donors (Lipinski definition) is 1. The van der Waals surface area contributed by atoms with Crippen molar-refractivity contribution in [1.29, 1.82) is 0 Å². The van der Waals surface area contributed by atoms with Gasteiger partial charge in [-0.05, 0) is 18.6 Å². The highest BCUT2D eigenvalue weighted by Crippen LogP contribution is 2.15. The van der Waals surface area contributed by atoms with Crippen LogP contribution in [0.15, 0.2) is 30.4 Å². The molecule has 0 aromatic carbocycles. The monoisotopic (exact) mass is 270 g/mol. The zero-order chi connectivity index (χ0) is 13.7. The molecule has 0 aliphatic heterocycles. The maximum atomic E-state index is 10.5. The van der Waals surface area contributed by atoms with Gasteiger partial charge in [-0.15, -0.1) is 0 Å². The van der Waals surface area contributed by atoms with E-state index < -0.39 is 4.92 Å². The fraction of sp³-hybridized carbons (Fsp3) is 0.364. The van der Waals surface area contributed by atoms with Crippen molar-refractivity contribution >= 4 is 11.6 Å². The van der Waals surface area contributed by atoms with Crippen molar-refractivity contribution in [2.75, 3.05) is 14.1 Å². The van der Waals surface area contributed by atoms with Gasteiger partial charge in [0.2, 0.25) is 0 Å². The van der Waals surface area contributed by atoms with E-state index in [0.29, 0.717) is 11.0 Å². The van der Waals surface area contributed by atoms with Crippen LogP contribution < -0.4 is 5.32 Å². The number of nitrogens with zero attached hydrogens (tertiary/aromatic N) is 3. The fourth-order valence-electron chi connectivity index (χ4n) is 1.33. The van der Waals surface area contributed by atoms with Gasteiger partial charge in [-0.25, -0.2) is 4.98 Å². The molecule has 0 spiro atoms. The molecule has 18 heavy (non-hydrogen) atoms. The highest BCUT2D eigenvalue weighted by atomic mass is 35.5. The Morgan fingerprint density at radius 2 is 2.28 bits per heavy atom. The van der Waals surface area contributed by atoms with E-state index >= 15 is 0 Å². The minimum atomic E-state index is -0.491. The Balaban J connectivity index is 2.81. The normalized spacial score (nSPS) is 13.0. The number of rotatable bonds is 5. The van der Waals surface area contributed by atoms with Gasteiger partial charge in [0.25, 0.3) is 6.20 Å². The van der Waals surface area contributed by atoms with E-state index in [-0.39, 0.29) is 6.04 Å². The van der Waals surface area contributed by atoms with E-state index in [4.69, 9.17) is 11.6 Å². The molecule has 1 rings (SSSR count). The van der Waals surface area contributed by atoms with Crippen LogP contribution in [0, 0.1) is 10.1 Å². The van der Waals surface area contributed by atoms with Crippen molar-refractivity contribution in [3.05, 3.63) is 51.2 Å². The molecule has 0 saturated heterocycles. The quantitative estimate of drug-likeness (QED) is 0.503. The van der Waals surface area contributed by atoms with E-state index in [9.17, 15) is 10.1 Å². The van der Waals surface area contributed by atoms with Crippen molar-refractivity contribution in [1.82, 2.24) is 15.2 Å². The molecule has 1 heterocycles. The lowest BCUT2D eigenvalue weighted by molar-refractivity contribution is -0.404. The van der Waals surface area contributed by atoms with Crippen molar-refractivity contribution in [3.8, 4) is 0 Å². The van der Waals surface area contributed by atoms with Crippen LogP contribution in [0.5, 0.6) is 0 Å². The van der Waals surface area contributed by atoms with Gasteiger partial charge in [0, 0.05) is 20.3 Å². The number of halogens is 1. The summed E-state index contributed by atoms with van der Waals surface area (Å²) in [6.07, 6.45) is 2.57. The molecule has 1 atom stereocenters. The van der Waals surface area contributed by atoms with E-state index in [2.05, 4.69) is 10.3 Å². The SMILES string of the molecule is CC(N/C(=C/[N+](=O)[O-])N(C)C)c1ccc(Cl)nc1. The van der Waals surface area contributed by atoms with Crippen LogP contribution >= 0.6 is 11.6 Å². The van der Waals surface area contributed by atoms with Crippen LogP contribution in [-0.2, 0) is 0 Å². The first-order valence-electron chi connectivity index (χ1n) is 5.30. The van der Waals surface area contributed by atoms with Crippen molar-refractivity contribution < 1.29 is 4.92 Å². The van der Waals surface area contributed by atoms with Crippen molar-refractivity contribution in [2.45, 2.75) is 13.0 Å². The molecule has 1 aromatic heterocycles. The lowest BCUT2D eigenvalue weighted by Crippen LogP contribution is -2.28. The van der Waals surface area contributed by atoms with Crippen LogP contribution in [0.4, 0.5) is 0 Å². The molecule has 1 N–H and O–H groups in total. The van der Waals surface area contributed by atoms with Gasteiger partial charge < -0.3 is 10.2 Å². The smallest absolute Gasteiger partial charge is 0.274 e. The zero-order valence-electron chi connectivity index (χ0n) is 10.4. The van der Waals surface area contributed by atoms with Gasteiger partial charge in [-0.2, -0.15) is 0 Å². The third-order valence-corrected chi connectivity index (χ3v) is 2.55. The molecule has 98 valence electrons. The molecule has 1 aromatic rings. The summed E-state index contributed by atoms with van der Waals surface area (Å²) < 4.78 is 0. The molecule has 0 bridgehead atoms. The molecule has 0 fully saturated rings. The van der Waals surface area contributed by atoms with Crippen molar-refractivity contribution in [2.24, 2.45) is 0 Å². The van der Waals surface area contributed by atoms with E-state index in [1.165, 1.54) is 0 Å². The van der Waals surface area contributed by atoms with Crippen LogP contribution in [-0.4, -0.2) is 28.9 Å². The highest BCUT2D eigenvalue weighted by molar-refractivity contribution is 6.29. The number of nitro groups is 1. The maximum absolute atomic E-state index is 10.5. The summed E-state index contributed by atoms with van der Waals surface area (Å²) in [5.74, 6) is 0.419. The first kappa shape index (κ1) is 14.2. The fourth-order valence-corrected chi connectivity index (χ4v) is 1.44. The Morgan fingerprint density at radius 3 is 2.72 bits per heavy atom. The molecule has 0 aliphatic carbocycles. The Labute approximate surface area is 110 Å². The number of aromatic nitrogens is 1. The van der Waals surface area contributed by atoms with Gasteiger partial charge in [-0.1, -0.05) is 17.7 Å². The standard InChI is InChI=1S/C11H15ClN4O2/c1-8(9-4-5-10(12)13-6-9)14-11(15(2)3)7-16(17)18/h4-8,14H,1-3H3/b11-7-. The van der Waals surface area contributed by atoms with Crippen LogP contribution in [0.2, 0.25) is 5.15 Å². The molecule has 1 unspecified atom stereocenters. The first-order chi connectivity index (χ1) is 8.40. The van der Waals surface area contributed by atoms with Gasteiger partial charge in [0.15, 0.2) is 5.82 Å². The first-order valence-corrected chi connectivity index (χ1v) is 5.68. The highest BCUT2D eigenvalue weighted by Gasteiger charge is 2.11. The van der Waals surface area contributed by atoms with Crippen molar-refractivity contribution in [3.63, 3.8) is 0 Å². The molecule has 6 nitrogen and oxygen atoms in total. The van der Waals surface area contributed by atoms with E-state index in [1.807, 2.05) is 13.0 Å². The van der Waals surface area contributed by atoms with Gasteiger partial charge >= 0.3 is 0 Å². The van der Waals surface area contributed by atoms with Crippen LogP contribution in [0.25, 0.3) is 0 Å². The maximum Gasteiger partial charge on any atom is 0.274 e. The van der Waals surface area contributed by atoms with Gasteiger partial charge in [-0.3, -0.25) is 10.1 Å².